The van der Waals surface area contributed by atoms with E-state index in [0.29, 0.717) is 11.3 Å². The highest BCUT2D eigenvalue weighted by Gasteiger charge is 2.22. The predicted octanol–water partition coefficient (Wildman–Crippen LogP) is 5.78. The lowest BCUT2D eigenvalue weighted by Gasteiger charge is -2.16. The largest absolute Gasteiger partial charge is 0.495 e. The van der Waals surface area contributed by atoms with Gasteiger partial charge in [-0.3, -0.25) is 0 Å². The summed E-state index contributed by atoms with van der Waals surface area (Å²) in [5.41, 5.74) is 0.449. The maximum atomic E-state index is 12.5. The van der Waals surface area contributed by atoms with E-state index >= 15 is 0 Å². The van der Waals surface area contributed by atoms with Crippen molar-refractivity contribution >= 4 is 29.5 Å². The van der Waals surface area contributed by atoms with Gasteiger partial charge in [-0.1, -0.05) is 59.9 Å². The maximum absolute atomic E-state index is 12.5. The molecule has 0 unspecified atom stereocenters. The lowest BCUT2D eigenvalue weighted by atomic mass is 10.2. The van der Waals surface area contributed by atoms with Gasteiger partial charge in [-0.2, -0.15) is 0 Å². The van der Waals surface area contributed by atoms with Crippen LogP contribution in [-0.4, -0.2) is 20.2 Å². The Morgan fingerprint density at radius 2 is 1.23 bits per heavy atom. The first-order valence-corrected chi connectivity index (χ1v) is 9.61. The van der Waals surface area contributed by atoms with E-state index in [0.717, 1.165) is 19.6 Å². The van der Waals surface area contributed by atoms with Crippen LogP contribution in [0.25, 0.3) is 0 Å². The molecule has 0 bridgehead atoms. The van der Waals surface area contributed by atoms with Crippen LogP contribution in [0, 0.1) is 0 Å². The van der Waals surface area contributed by atoms with E-state index in [1.807, 2.05) is 72.8 Å². The Bertz CT molecular complexity index is 881. The molecule has 0 saturated carbocycles. The van der Waals surface area contributed by atoms with Crippen molar-refractivity contribution in [3.05, 3.63) is 78.4 Å². The first-order chi connectivity index (χ1) is 12.7. The Morgan fingerprint density at radius 1 is 0.731 bits per heavy atom. The van der Waals surface area contributed by atoms with Gasteiger partial charge in [0.2, 0.25) is 0 Å². The number of hydrogen-bond donors (Lipinski definition) is 0. The van der Waals surface area contributed by atoms with Gasteiger partial charge in [-0.25, -0.2) is 4.79 Å². The summed E-state index contributed by atoms with van der Waals surface area (Å²) in [5, 5.41) is 0. The van der Waals surface area contributed by atoms with E-state index in [1.165, 1.54) is 18.9 Å². The first kappa shape index (κ1) is 18.4. The minimum atomic E-state index is -0.407. The Hall–Kier alpha value is -2.37. The number of esters is 1. The van der Waals surface area contributed by atoms with E-state index in [1.54, 1.807) is 18.9 Å². The summed E-state index contributed by atoms with van der Waals surface area (Å²) in [6.07, 6.45) is 0. The number of rotatable bonds is 6. The summed E-state index contributed by atoms with van der Waals surface area (Å²) in [7, 11) is 2.96. The zero-order valence-corrected chi connectivity index (χ0v) is 16.1. The molecule has 0 amide bonds. The lowest BCUT2D eigenvalue weighted by molar-refractivity contribution is 0.0592. The average Bonchev–Trinajstić information content (AvgIpc) is 2.69. The van der Waals surface area contributed by atoms with Gasteiger partial charge in [-0.15, -0.1) is 0 Å². The molecule has 0 N–H and O–H groups in total. The molecule has 3 aromatic rings. The maximum Gasteiger partial charge on any atom is 0.342 e. The third-order valence-corrected chi connectivity index (χ3v) is 5.74. The van der Waals surface area contributed by atoms with Gasteiger partial charge >= 0.3 is 5.97 Å². The van der Waals surface area contributed by atoms with Crippen LogP contribution in [0.2, 0.25) is 0 Å². The minimum absolute atomic E-state index is 0.407. The molecule has 132 valence electrons. The molecule has 0 aliphatic heterocycles. The van der Waals surface area contributed by atoms with Crippen molar-refractivity contribution < 1.29 is 14.3 Å². The summed E-state index contributed by atoms with van der Waals surface area (Å²) >= 11 is 3.07. The summed E-state index contributed by atoms with van der Waals surface area (Å²) in [5.74, 6) is 0.127. The molecule has 0 spiro atoms. The second-order valence-corrected chi connectivity index (χ2v) is 7.52. The third kappa shape index (κ3) is 4.23. The predicted molar refractivity (Wildman–Crippen MR) is 105 cm³/mol. The summed E-state index contributed by atoms with van der Waals surface area (Å²) < 4.78 is 10.6. The molecule has 0 atom stereocenters. The molecular formula is C21H18O3S2. The number of ether oxygens (including phenoxy) is 2. The normalized spacial score (nSPS) is 10.4. The van der Waals surface area contributed by atoms with Crippen molar-refractivity contribution in [2.45, 2.75) is 19.6 Å². The third-order valence-electron chi connectivity index (χ3n) is 3.62. The van der Waals surface area contributed by atoms with Gasteiger partial charge in [0.25, 0.3) is 0 Å². The van der Waals surface area contributed by atoms with Crippen LogP contribution in [0.1, 0.15) is 10.4 Å². The van der Waals surface area contributed by atoms with Crippen LogP contribution in [0.15, 0.2) is 92.4 Å². The van der Waals surface area contributed by atoms with Gasteiger partial charge in [0.1, 0.15) is 11.3 Å². The smallest absolute Gasteiger partial charge is 0.342 e. The summed E-state index contributed by atoms with van der Waals surface area (Å²) in [6.45, 7) is 0. The van der Waals surface area contributed by atoms with Crippen molar-refractivity contribution in [2.75, 3.05) is 14.2 Å². The molecule has 0 aromatic heterocycles. The minimum Gasteiger partial charge on any atom is -0.495 e. The topological polar surface area (TPSA) is 35.5 Å². The van der Waals surface area contributed by atoms with Gasteiger partial charge in [0, 0.05) is 14.7 Å². The molecule has 26 heavy (non-hydrogen) atoms. The van der Waals surface area contributed by atoms with Crippen molar-refractivity contribution in [1.29, 1.82) is 0 Å². The molecule has 3 aromatic carbocycles. The van der Waals surface area contributed by atoms with Crippen molar-refractivity contribution in [2.24, 2.45) is 0 Å². The zero-order chi connectivity index (χ0) is 18.4. The van der Waals surface area contributed by atoms with E-state index in [2.05, 4.69) is 0 Å². The fourth-order valence-electron chi connectivity index (χ4n) is 2.44. The molecular weight excluding hydrogens is 364 g/mol. The van der Waals surface area contributed by atoms with Crippen molar-refractivity contribution in [3.63, 3.8) is 0 Å². The Labute approximate surface area is 161 Å². The first-order valence-electron chi connectivity index (χ1n) is 7.98. The summed E-state index contributed by atoms with van der Waals surface area (Å²) in [6, 6.07) is 23.8. The highest BCUT2D eigenvalue weighted by molar-refractivity contribution is 8.00. The molecule has 0 heterocycles. The second kappa shape index (κ2) is 8.83. The number of carbonyl (C=O) groups is 1. The Morgan fingerprint density at radius 3 is 1.73 bits per heavy atom. The van der Waals surface area contributed by atoms with E-state index < -0.39 is 5.97 Å². The fraction of sp³-hybridized carbons (Fsp3) is 0.0952. The Kier molecular flexibility index (Phi) is 6.26. The lowest BCUT2D eigenvalue weighted by Crippen LogP contribution is -2.07. The number of hydrogen-bond acceptors (Lipinski definition) is 5. The number of carbonyl (C=O) groups excluding carboxylic acids is 1. The van der Waals surface area contributed by atoms with Crippen molar-refractivity contribution in [3.8, 4) is 5.75 Å². The molecule has 3 nitrogen and oxygen atoms in total. The van der Waals surface area contributed by atoms with Crippen LogP contribution in [0.4, 0.5) is 0 Å². The van der Waals surface area contributed by atoms with Gasteiger partial charge in [0.15, 0.2) is 0 Å². The molecule has 0 saturated heterocycles. The number of benzene rings is 3. The van der Waals surface area contributed by atoms with E-state index in [-0.39, 0.29) is 0 Å². The van der Waals surface area contributed by atoms with Crippen LogP contribution in [-0.2, 0) is 4.74 Å². The standard InChI is InChI=1S/C21H18O3S2/c1-23-20-18(26-16-11-7-4-8-12-16)14-13-17(19(20)21(22)24-2)25-15-9-5-3-6-10-15/h3-14H,1-2H3. The quantitative estimate of drug-likeness (QED) is 0.505. The molecule has 5 heteroatoms. The van der Waals surface area contributed by atoms with Gasteiger partial charge < -0.3 is 9.47 Å². The molecule has 0 aliphatic carbocycles. The molecule has 3 rings (SSSR count). The summed E-state index contributed by atoms with van der Waals surface area (Å²) in [4.78, 5) is 16.3. The van der Waals surface area contributed by atoms with Gasteiger partial charge in [-0.05, 0) is 36.4 Å². The SMILES string of the molecule is COC(=O)c1c(Sc2ccccc2)ccc(Sc2ccccc2)c1OC. The van der Waals surface area contributed by atoms with Gasteiger partial charge in [0.05, 0.1) is 19.1 Å². The van der Waals surface area contributed by atoms with Crippen LogP contribution in [0.5, 0.6) is 5.75 Å². The molecule has 0 fully saturated rings. The second-order valence-electron chi connectivity index (χ2n) is 5.29. The average molecular weight is 383 g/mol. The highest BCUT2D eigenvalue weighted by atomic mass is 32.2. The fourth-order valence-corrected chi connectivity index (χ4v) is 4.36. The zero-order valence-electron chi connectivity index (χ0n) is 14.5. The van der Waals surface area contributed by atoms with Crippen LogP contribution >= 0.6 is 23.5 Å². The molecule has 0 radical (unpaired) electrons. The molecule has 0 aliphatic rings. The Balaban J connectivity index is 2.04. The monoisotopic (exact) mass is 382 g/mol. The van der Waals surface area contributed by atoms with E-state index in [4.69, 9.17) is 9.47 Å². The van der Waals surface area contributed by atoms with Crippen molar-refractivity contribution in [1.82, 2.24) is 0 Å². The van der Waals surface area contributed by atoms with Crippen LogP contribution in [0.3, 0.4) is 0 Å². The van der Waals surface area contributed by atoms with E-state index in [9.17, 15) is 4.79 Å². The van der Waals surface area contributed by atoms with Crippen LogP contribution < -0.4 is 4.74 Å². The highest BCUT2D eigenvalue weighted by Crippen LogP contribution is 2.42. The number of methoxy groups -OCH3 is 2.